The molecule has 0 aromatic rings. The van der Waals surface area contributed by atoms with Crippen LogP contribution in [0.5, 0.6) is 0 Å². The highest BCUT2D eigenvalue weighted by atomic mass is 16.6. The number of ether oxygens (including phenoxy) is 5. The Morgan fingerprint density at radius 2 is 0.699 bits per heavy atom. The summed E-state index contributed by atoms with van der Waals surface area (Å²) in [5, 5.41) is 37.8. The fourth-order valence-electron chi connectivity index (χ4n) is 9.98. The Bertz CT molecular complexity index is 2430. The molecule has 3 heterocycles. The van der Waals surface area contributed by atoms with Gasteiger partial charge in [0, 0.05) is 141 Å². The van der Waals surface area contributed by atoms with E-state index in [1.165, 1.54) is 12.8 Å². The minimum Gasteiger partial charge on any atom is -0.481 e. The Morgan fingerprint density at radius 3 is 0.990 bits per heavy atom. The van der Waals surface area contributed by atoms with E-state index < -0.39 is 46.9 Å². The lowest BCUT2D eigenvalue weighted by atomic mass is 10.1. The monoisotopic (exact) mass is 1470 g/mol. The minimum atomic E-state index is -1.11. The van der Waals surface area contributed by atoms with E-state index in [4.69, 9.17) is 55.8 Å². The zero-order valence-electron chi connectivity index (χ0n) is 65.5. The minimum absolute atomic E-state index is 0.0635. The summed E-state index contributed by atoms with van der Waals surface area (Å²) >= 11 is 0. The van der Waals surface area contributed by atoms with Gasteiger partial charge in [-0.05, 0) is 167 Å². The molecule has 3 saturated heterocycles. The lowest BCUT2D eigenvalue weighted by Crippen LogP contribution is -2.42. The van der Waals surface area contributed by atoms with Gasteiger partial charge in [0.15, 0.2) is 0 Å². The lowest BCUT2D eigenvalue weighted by molar-refractivity contribution is -0.158. The van der Waals surface area contributed by atoms with Crippen molar-refractivity contribution in [1.29, 1.82) is 0 Å². The van der Waals surface area contributed by atoms with E-state index in [-0.39, 0.29) is 87.2 Å². The molecule has 0 radical (unpaired) electrons. The van der Waals surface area contributed by atoms with Crippen molar-refractivity contribution in [2.24, 2.45) is 16.0 Å². The number of carboxylic acids is 3. The van der Waals surface area contributed by atoms with Crippen molar-refractivity contribution in [3.05, 3.63) is 20.9 Å². The average molecular weight is 1470 g/mol. The molecule has 0 atom stereocenters. The molecule has 0 aliphatic carbocycles. The van der Waals surface area contributed by atoms with Crippen LogP contribution < -0.4 is 16.4 Å². The van der Waals surface area contributed by atoms with Crippen molar-refractivity contribution >= 4 is 53.7 Å². The van der Waals surface area contributed by atoms with E-state index in [0.717, 1.165) is 104 Å². The van der Waals surface area contributed by atoms with E-state index in [9.17, 15) is 43.2 Å². The summed E-state index contributed by atoms with van der Waals surface area (Å²) < 4.78 is 27.0. The van der Waals surface area contributed by atoms with Crippen LogP contribution in [0.25, 0.3) is 20.9 Å². The highest BCUT2D eigenvalue weighted by molar-refractivity contribution is 5.78. The molecule has 3 aliphatic heterocycles. The van der Waals surface area contributed by atoms with Gasteiger partial charge in [-0.15, -0.1) is 0 Å². The van der Waals surface area contributed by atoms with Crippen LogP contribution >= 0.6 is 0 Å². The number of carbonyl (C=O) groups excluding carboxylic acids is 6. The Labute approximate surface area is 613 Å². The molecule has 3 rings (SSSR count). The normalized spacial score (nSPS) is 16.4. The molecule has 7 N–H and O–H groups in total. The van der Waals surface area contributed by atoms with E-state index in [1.54, 1.807) is 0 Å². The summed E-state index contributed by atoms with van der Waals surface area (Å²) in [6, 6.07) is 0. The highest BCUT2D eigenvalue weighted by Gasteiger charge is 2.27. The van der Waals surface area contributed by atoms with E-state index in [1.807, 2.05) is 114 Å². The quantitative estimate of drug-likeness (QED) is 0.0135. The number of amides is 1. The van der Waals surface area contributed by atoms with Gasteiger partial charge < -0.3 is 65.2 Å². The van der Waals surface area contributed by atoms with Crippen LogP contribution in [0.2, 0.25) is 0 Å². The molecule has 3 aliphatic rings. The van der Waals surface area contributed by atoms with Crippen LogP contribution in [-0.4, -0.2) is 333 Å². The predicted molar refractivity (Wildman–Crippen MR) is 394 cm³/mol. The van der Waals surface area contributed by atoms with Gasteiger partial charge in [0.05, 0.1) is 39.3 Å². The van der Waals surface area contributed by atoms with Gasteiger partial charge in [0.2, 0.25) is 5.91 Å². The fraction of sp³-hybridized carbons (Fsp3) is 0.870. The number of azide groups is 2. The third-order valence-electron chi connectivity index (χ3n) is 14.5. The molecule has 3 fully saturated rings. The number of nitrogens with zero attached hydrogens (tertiary/aromatic N) is 14. The molecule has 0 bridgehead atoms. The maximum absolute atomic E-state index is 12.3. The number of hydrogen-bond acceptors (Lipinski definition) is 26. The molecule has 596 valence electrons. The second kappa shape index (κ2) is 55.0. The van der Waals surface area contributed by atoms with Gasteiger partial charge in [0.25, 0.3) is 0 Å². The first-order chi connectivity index (χ1) is 47.9. The van der Waals surface area contributed by atoms with Crippen LogP contribution in [0.4, 0.5) is 0 Å². The van der Waals surface area contributed by atoms with E-state index in [2.05, 4.69) is 67.0 Å². The number of carboxylic acid groups (broad SMARTS) is 3. The molecule has 0 aromatic heterocycles. The number of unbranched alkanes of at least 4 members (excludes halogenated alkanes) is 5. The third kappa shape index (κ3) is 65.9. The molecule has 1 amide bonds. The summed E-state index contributed by atoms with van der Waals surface area (Å²) in [7, 11) is 0. The number of aliphatic carboxylic acids is 3. The highest BCUT2D eigenvalue weighted by Crippen LogP contribution is 2.15. The van der Waals surface area contributed by atoms with Crippen molar-refractivity contribution in [3.8, 4) is 0 Å². The maximum atomic E-state index is 12.3. The zero-order chi connectivity index (χ0) is 78.7. The Balaban J connectivity index is 0. The zero-order valence-corrected chi connectivity index (χ0v) is 65.5. The summed E-state index contributed by atoms with van der Waals surface area (Å²) in [4.78, 5) is 124. The number of rotatable bonds is 30. The van der Waals surface area contributed by atoms with Crippen molar-refractivity contribution in [2.75, 3.05) is 196 Å². The summed E-state index contributed by atoms with van der Waals surface area (Å²) in [6.07, 6.45) is 8.72. The van der Waals surface area contributed by atoms with Crippen LogP contribution in [0.15, 0.2) is 10.2 Å². The Hall–Kier alpha value is -6.55. The largest absolute Gasteiger partial charge is 0.481 e. The first kappa shape index (κ1) is 98.5. The first-order valence-electron chi connectivity index (χ1n) is 36.2. The SMILES string of the molecule is CC(C)(C)OC(=O)CN1CCN(CCCCN)CCN(CC(=O)OC(C)(C)C)CC1.CC(C)(C)OC(=O)CN1CCNCCN(CC(=O)OC(C)(C)C)CC1.CCCCCCC(=O)OC(C)(C)C.[N-]=[N+]=NCC(=O)NCCCCN1CCN(CC(=O)O)CCN(CC(=O)O)CC1.[N-]=[N+]=NCC(=O)O. The second-order valence-electron chi connectivity index (χ2n) is 30.3. The predicted octanol–water partition coefficient (Wildman–Crippen LogP) is 5.17. The van der Waals surface area contributed by atoms with E-state index in [0.29, 0.717) is 85.0 Å². The Morgan fingerprint density at radius 1 is 0.398 bits per heavy atom. The molecule has 0 saturated carbocycles. The summed E-state index contributed by atoms with van der Waals surface area (Å²) in [5.41, 5.74) is 19.1. The molecule has 0 unspecified atom stereocenters. The first-order valence-corrected chi connectivity index (χ1v) is 36.2. The molecule has 34 nitrogen and oxygen atoms in total. The van der Waals surface area contributed by atoms with Crippen molar-refractivity contribution in [2.45, 2.75) is 197 Å². The average Bonchev–Trinajstić information content (AvgIpc) is 1.88. The summed E-state index contributed by atoms with van der Waals surface area (Å²) in [5.74, 6) is -4.14. The van der Waals surface area contributed by atoms with Crippen LogP contribution in [-0.2, 0) is 66.8 Å². The van der Waals surface area contributed by atoms with Crippen LogP contribution in [0, 0.1) is 0 Å². The topological polar surface area (TPSA) is 434 Å². The standard InChI is InChI=1S/C22H44N4O4.C18H35N3O4.C16H29N7O5.C11H22O2.C2H3N3O2/c1-21(2,3)29-19(27)17-25-13-11-24(10-8-7-9-23)12-14-26(16-15-25)18-20(28)30-22(4,5)6;1-17(2,3)24-15(22)13-20-9-7-19-8-10-21(12-11-20)14-16(23)25-18(4,5)6;17-20-19-11-14(24)18-3-1-2-4-21-5-7-22(12-15(25)26)9-10-23(8-6-21)13-16(27)28;1-5-6-7-8-9-10(12)13-11(2,3)4;3-5-4-1-2(6)7/h7-18,23H2,1-6H3;19H,7-14H2,1-6H3;1-13H2,(H,18,24)(H,25,26)(H,27,28);5-9H2,1-4H3;1H2,(H,6,7). The molecule has 34 heteroatoms. The lowest BCUT2D eigenvalue weighted by Gasteiger charge is -2.27. The van der Waals surface area contributed by atoms with Gasteiger partial charge in [-0.2, -0.15) is 0 Å². The van der Waals surface area contributed by atoms with Crippen molar-refractivity contribution in [1.82, 2.24) is 49.8 Å². The summed E-state index contributed by atoms with van der Waals surface area (Å²) in [6.45, 7) is 46.5. The number of nitrogens with two attached hydrogens (primary N) is 1. The smallest absolute Gasteiger partial charge is 0.320 e. The van der Waals surface area contributed by atoms with Gasteiger partial charge >= 0.3 is 47.8 Å². The van der Waals surface area contributed by atoms with Crippen LogP contribution in [0.3, 0.4) is 0 Å². The number of esters is 5. The van der Waals surface area contributed by atoms with Crippen molar-refractivity contribution < 1.29 is 82.2 Å². The number of hydrogen-bond donors (Lipinski definition) is 6. The van der Waals surface area contributed by atoms with Crippen molar-refractivity contribution in [3.63, 3.8) is 0 Å². The van der Waals surface area contributed by atoms with Gasteiger partial charge in [-0.3, -0.25) is 72.6 Å². The third-order valence-corrected chi connectivity index (χ3v) is 14.5. The Kier molecular flexibility index (Phi) is 52.6. The fourth-order valence-corrected chi connectivity index (χ4v) is 9.98. The number of nitrogens with one attached hydrogen (secondary N) is 2. The van der Waals surface area contributed by atoms with Gasteiger partial charge in [0.1, 0.15) is 41.1 Å². The number of carbonyl (C=O) groups is 9. The molecular formula is C69H133N17O17. The molecule has 0 spiro atoms. The second-order valence-corrected chi connectivity index (χ2v) is 30.3. The van der Waals surface area contributed by atoms with Gasteiger partial charge in [-0.1, -0.05) is 36.4 Å². The molecule has 0 aromatic carbocycles. The molecular weight excluding hydrogens is 1340 g/mol. The maximum Gasteiger partial charge on any atom is 0.320 e. The molecule has 103 heavy (non-hydrogen) atoms. The van der Waals surface area contributed by atoms with Crippen LogP contribution in [0.1, 0.15) is 169 Å². The van der Waals surface area contributed by atoms with E-state index >= 15 is 0 Å². The van der Waals surface area contributed by atoms with Gasteiger partial charge in [-0.25, -0.2) is 0 Å².